The number of hydrogen-bond acceptors (Lipinski definition) is 1. The third kappa shape index (κ3) is 11.2. The van der Waals surface area contributed by atoms with Crippen molar-refractivity contribution in [1.29, 1.82) is 0 Å². The summed E-state index contributed by atoms with van der Waals surface area (Å²) < 4.78 is 0. The van der Waals surface area contributed by atoms with Gasteiger partial charge in [-0.05, 0) is 30.5 Å². The van der Waals surface area contributed by atoms with E-state index in [1.165, 1.54) is 95.5 Å². The Morgan fingerprint density at radius 3 is 1.68 bits per heavy atom. The number of rotatable bonds is 14. The standard InChI is InChI=1S/C21H36S/c1-2-3-4-5-6-7-8-9-10-11-12-13-14-16-20-17-15-18-21(22)19-20/h15,17-19,22H,2-14,16H2,1H3. The fourth-order valence-electron chi connectivity index (χ4n) is 3.06. The summed E-state index contributed by atoms with van der Waals surface area (Å²) in [5.41, 5.74) is 1.44. The molecule has 22 heavy (non-hydrogen) atoms. The summed E-state index contributed by atoms with van der Waals surface area (Å²) in [6, 6.07) is 8.58. The molecule has 0 fully saturated rings. The van der Waals surface area contributed by atoms with Gasteiger partial charge in [-0.2, -0.15) is 0 Å². The molecule has 0 spiro atoms. The Morgan fingerprint density at radius 2 is 1.18 bits per heavy atom. The molecule has 0 aliphatic heterocycles. The van der Waals surface area contributed by atoms with Crippen LogP contribution in [0, 0.1) is 0 Å². The van der Waals surface area contributed by atoms with Crippen LogP contribution < -0.4 is 0 Å². The van der Waals surface area contributed by atoms with Crippen LogP contribution in [0.5, 0.6) is 0 Å². The van der Waals surface area contributed by atoms with E-state index in [1.54, 1.807) is 0 Å². The van der Waals surface area contributed by atoms with E-state index in [0.717, 1.165) is 4.90 Å². The van der Waals surface area contributed by atoms with Crippen LogP contribution in [0.3, 0.4) is 0 Å². The molecule has 0 radical (unpaired) electrons. The van der Waals surface area contributed by atoms with Gasteiger partial charge in [0.05, 0.1) is 0 Å². The normalized spacial score (nSPS) is 11.0. The van der Waals surface area contributed by atoms with E-state index in [9.17, 15) is 0 Å². The zero-order chi connectivity index (χ0) is 15.9. The van der Waals surface area contributed by atoms with Crippen LogP contribution in [0.25, 0.3) is 0 Å². The number of unbranched alkanes of at least 4 members (excludes halogenated alkanes) is 12. The highest BCUT2D eigenvalue weighted by Gasteiger charge is 1.96. The van der Waals surface area contributed by atoms with Gasteiger partial charge in [0.25, 0.3) is 0 Å². The Morgan fingerprint density at radius 1 is 0.682 bits per heavy atom. The molecule has 0 aliphatic carbocycles. The van der Waals surface area contributed by atoms with Gasteiger partial charge in [0.15, 0.2) is 0 Å². The van der Waals surface area contributed by atoms with Crippen LogP contribution in [0.15, 0.2) is 29.2 Å². The highest BCUT2D eigenvalue weighted by molar-refractivity contribution is 7.80. The van der Waals surface area contributed by atoms with E-state index in [4.69, 9.17) is 0 Å². The average Bonchev–Trinajstić information content (AvgIpc) is 2.52. The summed E-state index contributed by atoms with van der Waals surface area (Å²) in [7, 11) is 0. The molecule has 0 unspecified atom stereocenters. The van der Waals surface area contributed by atoms with Crippen molar-refractivity contribution in [3.05, 3.63) is 29.8 Å². The fraction of sp³-hybridized carbons (Fsp3) is 0.714. The Bertz CT molecular complexity index is 359. The molecule has 126 valence electrons. The van der Waals surface area contributed by atoms with Gasteiger partial charge in [-0.3, -0.25) is 0 Å². The number of benzene rings is 1. The van der Waals surface area contributed by atoms with Crippen molar-refractivity contribution in [1.82, 2.24) is 0 Å². The summed E-state index contributed by atoms with van der Waals surface area (Å²) >= 11 is 4.40. The van der Waals surface area contributed by atoms with Gasteiger partial charge >= 0.3 is 0 Å². The average molecular weight is 321 g/mol. The molecule has 0 aromatic heterocycles. The van der Waals surface area contributed by atoms with E-state index in [1.807, 2.05) is 0 Å². The largest absolute Gasteiger partial charge is 0.143 e. The first-order valence-electron chi connectivity index (χ1n) is 9.61. The quantitative estimate of drug-likeness (QED) is 0.264. The molecule has 1 rings (SSSR count). The molecule has 1 heteroatoms. The first kappa shape index (κ1) is 19.6. The van der Waals surface area contributed by atoms with Crippen molar-refractivity contribution in [2.45, 2.75) is 102 Å². The predicted molar refractivity (Wildman–Crippen MR) is 103 cm³/mol. The Balaban J connectivity index is 1.80. The smallest absolute Gasteiger partial charge is 0.00427 e. The first-order valence-corrected chi connectivity index (χ1v) is 10.1. The molecule has 0 saturated heterocycles. The van der Waals surface area contributed by atoms with Gasteiger partial charge in [-0.25, -0.2) is 0 Å². The van der Waals surface area contributed by atoms with E-state index < -0.39 is 0 Å². The second kappa shape index (κ2) is 14.2. The van der Waals surface area contributed by atoms with Gasteiger partial charge in [0.1, 0.15) is 0 Å². The van der Waals surface area contributed by atoms with Gasteiger partial charge in [-0.1, -0.05) is 96.1 Å². The second-order valence-corrected chi connectivity index (χ2v) is 7.18. The van der Waals surface area contributed by atoms with Crippen LogP contribution >= 0.6 is 12.6 Å². The third-order valence-electron chi connectivity index (χ3n) is 4.48. The van der Waals surface area contributed by atoms with Crippen LogP contribution in [0.4, 0.5) is 0 Å². The van der Waals surface area contributed by atoms with Crippen molar-refractivity contribution >= 4 is 12.6 Å². The topological polar surface area (TPSA) is 0 Å². The summed E-state index contributed by atoms with van der Waals surface area (Å²) in [6.07, 6.45) is 19.8. The van der Waals surface area contributed by atoms with Crippen LogP contribution in [0.1, 0.15) is 96.0 Å². The fourth-order valence-corrected chi connectivity index (χ4v) is 3.31. The molecule has 0 nitrogen and oxygen atoms in total. The first-order chi connectivity index (χ1) is 10.8. The zero-order valence-electron chi connectivity index (χ0n) is 14.7. The van der Waals surface area contributed by atoms with Crippen molar-refractivity contribution in [2.24, 2.45) is 0 Å². The SMILES string of the molecule is CCCCCCCCCCCCCCCc1cccc(S)c1. The van der Waals surface area contributed by atoms with Crippen molar-refractivity contribution < 1.29 is 0 Å². The number of aryl methyl sites for hydroxylation is 1. The Hall–Kier alpha value is -0.430. The molecule has 0 amide bonds. The number of hydrogen-bond donors (Lipinski definition) is 1. The van der Waals surface area contributed by atoms with Crippen LogP contribution in [-0.4, -0.2) is 0 Å². The molecule has 1 aromatic carbocycles. The lowest BCUT2D eigenvalue weighted by atomic mass is 10.0. The zero-order valence-corrected chi connectivity index (χ0v) is 15.6. The van der Waals surface area contributed by atoms with Crippen LogP contribution in [0.2, 0.25) is 0 Å². The minimum Gasteiger partial charge on any atom is -0.143 e. The molecule has 0 N–H and O–H groups in total. The molecule has 0 heterocycles. The maximum absolute atomic E-state index is 4.40. The molecular formula is C21H36S. The molecule has 0 aliphatic rings. The van der Waals surface area contributed by atoms with Gasteiger partial charge < -0.3 is 0 Å². The van der Waals surface area contributed by atoms with Crippen molar-refractivity contribution in [3.8, 4) is 0 Å². The highest BCUT2D eigenvalue weighted by Crippen LogP contribution is 2.15. The van der Waals surface area contributed by atoms with E-state index in [0.29, 0.717) is 0 Å². The molecule has 1 aromatic rings. The second-order valence-electron chi connectivity index (χ2n) is 6.66. The summed E-state index contributed by atoms with van der Waals surface area (Å²) in [6.45, 7) is 2.29. The predicted octanol–water partition coefficient (Wildman–Crippen LogP) is 7.61. The van der Waals surface area contributed by atoms with Gasteiger partial charge in [-0.15, -0.1) is 12.6 Å². The Labute approximate surface area is 144 Å². The van der Waals surface area contributed by atoms with Crippen molar-refractivity contribution in [2.75, 3.05) is 0 Å². The van der Waals surface area contributed by atoms with Gasteiger partial charge in [0, 0.05) is 4.90 Å². The van der Waals surface area contributed by atoms with E-state index in [-0.39, 0.29) is 0 Å². The summed E-state index contributed by atoms with van der Waals surface area (Å²) in [4.78, 5) is 1.09. The van der Waals surface area contributed by atoms with E-state index in [2.05, 4.69) is 43.8 Å². The Kier molecular flexibility index (Phi) is 12.6. The maximum atomic E-state index is 4.40. The third-order valence-corrected chi connectivity index (χ3v) is 4.76. The molecule has 0 bridgehead atoms. The lowest BCUT2D eigenvalue weighted by Gasteiger charge is -2.04. The monoisotopic (exact) mass is 320 g/mol. The van der Waals surface area contributed by atoms with Crippen LogP contribution in [-0.2, 0) is 6.42 Å². The minimum absolute atomic E-state index is 1.09. The summed E-state index contributed by atoms with van der Waals surface area (Å²) in [5.74, 6) is 0. The minimum atomic E-state index is 1.09. The van der Waals surface area contributed by atoms with E-state index >= 15 is 0 Å². The maximum Gasteiger partial charge on any atom is 0.00427 e. The summed E-state index contributed by atoms with van der Waals surface area (Å²) in [5, 5.41) is 0. The van der Waals surface area contributed by atoms with Crippen molar-refractivity contribution in [3.63, 3.8) is 0 Å². The molecular weight excluding hydrogens is 284 g/mol. The lowest BCUT2D eigenvalue weighted by molar-refractivity contribution is 0.539. The molecule has 0 saturated carbocycles. The molecule has 0 atom stereocenters. The number of thiol groups is 1. The lowest BCUT2D eigenvalue weighted by Crippen LogP contribution is -1.87. The van der Waals surface area contributed by atoms with Gasteiger partial charge in [0.2, 0.25) is 0 Å². The highest BCUT2D eigenvalue weighted by atomic mass is 32.1.